The molecule has 2 rings (SSSR count). The van der Waals surface area contributed by atoms with Crippen LogP contribution >= 0.6 is 0 Å². The summed E-state index contributed by atoms with van der Waals surface area (Å²) in [4.78, 5) is 0. The number of methoxy groups -OCH3 is 2. The van der Waals surface area contributed by atoms with E-state index in [0.29, 0.717) is 0 Å². The van der Waals surface area contributed by atoms with Crippen LogP contribution in [0.15, 0.2) is 34.9 Å². The zero-order valence-corrected chi connectivity index (χ0v) is 13.1. The Bertz CT molecular complexity index is 577. The highest BCUT2D eigenvalue weighted by atomic mass is 16.5. The smallest absolute Gasteiger partial charge is 0.127 e. The van der Waals surface area contributed by atoms with Crippen molar-refractivity contribution in [3.05, 3.63) is 47.4 Å². The molecule has 21 heavy (non-hydrogen) atoms. The van der Waals surface area contributed by atoms with Crippen molar-refractivity contribution >= 4 is 0 Å². The third-order valence-electron chi connectivity index (χ3n) is 3.56. The molecule has 1 unspecified atom stereocenters. The van der Waals surface area contributed by atoms with E-state index in [1.165, 1.54) is 0 Å². The molecule has 0 saturated carbocycles. The Labute approximate surface area is 126 Å². The van der Waals surface area contributed by atoms with Crippen molar-refractivity contribution in [2.45, 2.75) is 26.3 Å². The molecule has 0 amide bonds. The Morgan fingerprint density at radius 3 is 2.52 bits per heavy atom. The second-order valence-electron chi connectivity index (χ2n) is 4.93. The van der Waals surface area contributed by atoms with Gasteiger partial charge in [0.2, 0.25) is 0 Å². The Hall–Kier alpha value is -1.94. The molecule has 0 bridgehead atoms. The Kier molecular flexibility index (Phi) is 5.28. The maximum Gasteiger partial charge on any atom is 0.127 e. The monoisotopic (exact) mass is 289 g/mol. The standard InChI is InChI=1S/C17H23NO3/c1-5-9-18-17(14-8-10-21-12(14)2)15-7-6-13(19-3)11-16(15)20-4/h6-8,10-11,17-18H,5,9H2,1-4H3. The molecule has 0 aliphatic heterocycles. The normalized spacial score (nSPS) is 12.2. The predicted octanol–water partition coefficient (Wildman–Crippen LogP) is 3.69. The van der Waals surface area contributed by atoms with Crippen molar-refractivity contribution < 1.29 is 13.9 Å². The largest absolute Gasteiger partial charge is 0.497 e. The van der Waals surface area contributed by atoms with Gasteiger partial charge in [-0.1, -0.05) is 6.92 Å². The van der Waals surface area contributed by atoms with Gasteiger partial charge in [0.05, 0.1) is 26.5 Å². The van der Waals surface area contributed by atoms with Crippen LogP contribution in [0.2, 0.25) is 0 Å². The van der Waals surface area contributed by atoms with Crippen molar-refractivity contribution in [3.8, 4) is 11.5 Å². The summed E-state index contributed by atoms with van der Waals surface area (Å²) in [7, 11) is 3.33. The number of nitrogens with one attached hydrogen (secondary N) is 1. The predicted molar refractivity (Wildman–Crippen MR) is 83.1 cm³/mol. The maximum absolute atomic E-state index is 5.54. The number of hydrogen-bond acceptors (Lipinski definition) is 4. The van der Waals surface area contributed by atoms with Gasteiger partial charge >= 0.3 is 0 Å². The lowest BCUT2D eigenvalue weighted by Crippen LogP contribution is -2.24. The zero-order valence-electron chi connectivity index (χ0n) is 13.1. The summed E-state index contributed by atoms with van der Waals surface area (Å²) >= 11 is 0. The van der Waals surface area contributed by atoms with Gasteiger partial charge in [-0.2, -0.15) is 0 Å². The third kappa shape index (κ3) is 3.39. The molecule has 0 aliphatic carbocycles. The van der Waals surface area contributed by atoms with Crippen LogP contribution in [0.4, 0.5) is 0 Å². The number of benzene rings is 1. The lowest BCUT2D eigenvalue weighted by atomic mass is 9.98. The van der Waals surface area contributed by atoms with E-state index in [1.54, 1.807) is 20.5 Å². The summed E-state index contributed by atoms with van der Waals surface area (Å²) in [6.45, 7) is 5.05. The molecule has 114 valence electrons. The highest BCUT2D eigenvalue weighted by molar-refractivity contribution is 5.46. The summed E-state index contributed by atoms with van der Waals surface area (Å²) in [6, 6.07) is 7.95. The summed E-state index contributed by atoms with van der Waals surface area (Å²) in [5, 5.41) is 3.56. The van der Waals surface area contributed by atoms with Crippen LogP contribution in [0.25, 0.3) is 0 Å². The average Bonchev–Trinajstić information content (AvgIpc) is 2.94. The van der Waals surface area contributed by atoms with Crippen molar-refractivity contribution in [2.24, 2.45) is 0 Å². The second-order valence-corrected chi connectivity index (χ2v) is 4.93. The molecule has 1 aromatic heterocycles. The van der Waals surface area contributed by atoms with Crippen molar-refractivity contribution in [2.75, 3.05) is 20.8 Å². The van der Waals surface area contributed by atoms with E-state index >= 15 is 0 Å². The molecule has 1 heterocycles. The van der Waals surface area contributed by atoms with Gasteiger partial charge in [-0.15, -0.1) is 0 Å². The van der Waals surface area contributed by atoms with Gasteiger partial charge in [0.1, 0.15) is 17.3 Å². The van der Waals surface area contributed by atoms with Gasteiger partial charge in [-0.05, 0) is 38.1 Å². The summed E-state index contributed by atoms with van der Waals surface area (Å²) < 4.78 is 16.3. The van der Waals surface area contributed by atoms with Crippen LogP contribution in [0.1, 0.15) is 36.3 Å². The minimum atomic E-state index is 0.0459. The number of rotatable bonds is 7. The summed E-state index contributed by atoms with van der Waals surface area (Å²) in [5.41, 5.74) is 2.21. The molecule has 2 aromatic rings. The van der Waals surface area contributed by atoms with Crippen LogP contribution in [0.3, 0.4) is 0 Å². The van der Waals surface area contributed by atoms with Gasteiger partial charge in [0, 0.05) is 17.2 Å². The number of furan rings is 1. The van der Waals surface area contributed by atoms with Gasteiger partial charge < -0.3 is 19.2 Å². The molecular weight excluding hydrogens is 266 g/mol. The first-order valence-corrected chi connectivity index (χ1v) is 7.20. The molecule has 4 nitrogen and oxygen atoms in total. The van der Waals surface area contributed by atoms with Crippen molar-refractivity contribution in [1.29, 1.82) is 0 Å². The topological polar surface area (TPSA) is 43.6 Å². The first-order valence-electron chi connectivity index (χ1n) is 7.20. The summed E-state index contributed by atoms with van der Waals surface area (Å²) in [5.74, 6) is 2.51. The van der Waals surface area contributed by atoms with E-state index in [2.05, 4.69) is 12.2 Å². The molecule has 1 atom stereocenters. The fourth-order valence-corrected chi connectivity index (χ4v) is 2.43. The van der Waals surface area contributed by atoms with E-state index in [1.807, 2.05) is 31.2 Å². The second kappa shape index (κ2) is 7.18. The fraction of sp³-hybridized carbons (Fsp3) is 0.412. The van der Waals surface area contributed by atoms with E-state index in [0.717, 1.165) is 41.4 Å². The molecule has 0 saturated heterocycles. The molecule has 0 spiro atoms. The number of ether oxygens (including phenoxy) is 2. The lowest BCUT2D eigenvalue weighted by molar-refractivity contribution is 0.387. The molecule has 4 heteroatoms. The SMILES string of the molecule is CCCNC(c1ccc(OC)cc1OC)c1ccoc1C. The highest BCUT2D eigenvalue weighted by Gasteiger charge is 2.21. The van der Waals surface area contributed by atoms with E-state index < -0.39 is 0 Å². The van der Waals surface area contributed by atoms with Crippen LogP contribution < -0.4 is 14.8 Å². The fourth-order valence-electron chi connectivity index (χ4n) is 2.43. The van der Waals surface area contributed by atoms with Crippen LogP contribution in [0, 0.1) is 6.92 Å². The van der Waals surface area contributed by atoms with E-state index in [-0.39, 0.29) is 6.04 Å². The van der Waals surface area contributed by atoms with Crippen molar-refractivity contribution in [3.63, 3.8) is 0 Å². The Morgan fingerprint density at radius 1 is 1.14 bits per heavy atom. The van der Waals surface area contributed by atoms with E-state index in [9.17, 15) is 0 Å². The number of hydrogen-bond donors (Lipinski definition) is 1. The van der Waals surface area contributed by atoms with Gasteiger partial charge in [-0.25, -0.2) is 0 Å². The average molecular weight is 289 g/mol. The maximum atomic E-state index is 5.54. The van der Waals surface area contributed by atoms with Gasteiger partial charge in [0.15, 0.2) is 0 Å². The lowest BCUT2D eigenvalue weighted by Gasteiger charge is -2.21. The molecular formula is C17H23NO3. The third-order valence-corrected chi connectivity index (χ3v) is 3.56. The van der Waals surface area contributed by atoms with Gasteiger partial charge in [-0.3, -0.25) is 0 Å². The first kappa shape index (κ1) is 15.4. The quantitative estimate of drug-likeness (QED) is 0.844. The molecule has 1 N–H and O–H groups in total. The Morgan fingerprint density at radius 2 is 1.95 bits per heavy atom. The number of aryl methyl sites for hydroxylation is 1. The first-order chi connectivity index (χ1) is 10.2. The van der Waals surface area contributed by atoms with Crippen LogP contribution in [-0.4, -0.2) is 20.8 Å². The van der Waals surface area contributed by atoms with E-state index in [4.69, 9.17) is 13.9 Å². The Balaban J connectivity index is 2.43. The molecule has 0 fully saturated rings. The molecule has 1 aromatic carbocycles. The zero-order chi connectivity index (χ0) is 15.2. The van der Waals surface area contributed by atoms with Crippen molar-refractivity contribution in [1.82, 2.24) is 5.32 Å². The van der Waals surface area contributed by atoms with Crippen LogP contribution in [-0.2, 0) is 0 Å². The van der Waals surface area contributed by atoms with Crippen LogP contribution in [0.5, 0.6) is 11.5 Å². The van der Waals surface area contributed by atoms with Gasteiger partial charge in [0.25, 0.3) is 0 Å². The molecule has 0 aliphatic rings. The minimum absolute atomic E-state index is 0.0459. The molecule has 0 radical (unpaired) electrons. The minimum Gasteiger partial charge on any atom is -0.497 e. The summed E-state index contributed by atoms with van der Waals surface area (Å²) in [6.07, 6.45) is 2.78. The highest BCUT2D eigenvalue weighted by Crippen LogP contribution is 2.34.